The van der Waals surface area contributed by atoms with E-state index < -0.39 is 0 Å². The van der Waals surface area contributed by atoms with Crippen molar-refractivity contribution in [3.05, 3.63) is 45.0 Å². The average Bonchev–Trinajstić information content (AvgIpc) is 3.13. The molecule has 6 nitrogen and oxygen atoms in total. The van der Waals surface area contributed by atoms with E-state index in [1.807, 2.05) is 26.0 Å². The fraction of sp³-hybridized carbons (Fsp3) is 0.429. The zero-order valence-corrected chi connectivity index (χ0v) is 11.8. The zero-order valence-electron chi connectivity index (χ0n) is 11.8. The Labute approximate surface area is 116 Å². The highest BCUT2D eigenvalue weighted by molar-refractivity contribution is 5.50. The van der Waals surface area contributed by atoms with Crippen LogP contribution in [-0.4, -0.2) is 19.7 Å². The summed E-state index contributed by atoms with van der Waals surface area (Å²) in [6.45, 7) is 5.52. The van der Waals surface area contributed by atoms with E-state index in [4.69, 9.17) is 0 Å². The van der Waals surface area contributed by atoms with Crippen LogP contribution in [0, 0.1) is 30.9 Å². The molecule has 1 fully saturated rings. The first-order chi connectivity index (χ1) is 9.49. The summed E-state index contributed by atoms with van der Waals surface area (Å²) >= 11 is 0. The highest BCUT2D eigenvalue weighted by Gasteiger charge is 2.37. The van der Waals surface area contributed by atoms with E-state index in [-0.39, 0.29) is 16.5 Å². The van der Waals surface area contributed by atoms with Crippen molar-refractivity contribution in [2.75, 3.05) is 0 Å². The highest BCUT2D eigenvalue weighted by atomic mass is 16.6. The van der Waals surface area contributed by atoms with Crippen molar-refractivity contribution < 1.29 is 4.92 Å². The molecule has 6 heteroatoms. The number of nitro groups is 1. The van der Waals surface area contributed by atoms with Gasteiger partial charge in [0.25, 0.3) is 0 Å². The maximum Gasteiger partial charge on any atom is 0.313 e. The maximum atomic E-state index is 11.3. The van der Waals surface area contributed by atoms with Crippen molar-refractivity contribution >= 4 is 5.69 Å². The Balaban J connectivity index is 2.23. The van der Waals surface area contributed by atoms with E-state index in [1.54, 1.807) is 11.6 Å². The standard InChI is InChI=1S/C14H16N4O2/c1-8-4-7-12(9(2)15-8)17-14(11-5-6-11)13(18(19)20)10(3)16-17/h4,7,11H,5-6H2,1-3H3. The lowest BCUT2D eigenvalue weighted by Gasteiger charge is -2.09. The van der Waals surface area contributed by atoms with Crippen molar-refractivity contribution in [2.24, 2.45) is 0 Å². The fourth-order valence-corrected chi connectivity index (χ4v) is 2.57. The molecule has 0 bridgehead atoms. The van der Waals surface area contributed by atoms with Gasteiger partial charge in [0.15, 0.2) is 0 Å². The van der Waals surface area contributed by atoms with Crippen molar-refractivity contribution in [3.63, 3.8) is 0 Å². The number of hydrogen-bond acceptors (Lipinski definition) is 4. The van der Waals surface area contributed by atoms with E-state index in [0.717, 1.165) is 35.6 Å². The minimum atomic E-state index is -0.316. The van der Waals surface area contributed by atoms with Crippen LogP contribution in [0.2, 0.25) is 0 Å². The second kappa shape index (κ2) is 4.40. The van der Waals surface area contributed by atoms with Crippen LogP contribution in [-0.2, 0) is 0 Å². The molecule has 2 aromatic rings. The van der Waals surface area contributed by atoms with E-state index in [0.29, 0.717) is 5.69 Å². The summed E-state index contributed by atoms with van der Waals surface area (Å²) in [6, 6.07) is 3.83. The van der Waals surface area contributed by atoms with Gasteiger partial charge in [-0.25, -0.2) is 4.68 Å². The molecule has 0 aliphatic heterocycles. The number of nitrogens with zero attached hydrogens (tertiary/aromatic N) is 4. The smallest absolute Gasteiger partial charge is 0.258 e. The summed E-state index contributed by atoms with van der Waals surface area (Å²) in [7, 11) is 0. The van der Waals surface area contributed by atoms with Gasteiger partial charge in [-0.05, 0) is 45.7 Å². The normalized spacial score (nSPS) is 14.6. The molecule has 3 rings (SSSR count). The van der Waals surface area contributed by atoms with Gasteiger partial charge in [-0.3, -0.25) is 15.1 Å². The molecule has 1 aliphatic carbocycles. The molecule has 0 aromatic carbocycles. The van der Waals surface area contributed by atoms with Gasteiger partial charge in [0.1, 0.15) is 11.4 Å². The Bertz CT molecular complexity index is 701. The van der Waals surface area contributed by atoms with Gasteiger partial charge in [0.05, 0.1) is 16.3 Å². The summed E-state index contributed by atoms with van der Waals surface area (Å²) in [5.74, 6) is 0.248. The Kier molecular flexibility index (Phi) is 2.81. The van der Waals surface area contributed by atoms with Crippen LogP contribution in [0.1, 0.15) is 41.5 Å². The molecule has 0 spiro atoms. The molecule has 0 radical (unpaired) electrons. The predicted octanol–water partition coefficient (Wildman–Crippen LogP) is 2.98. The molecule has 0 N–H and O–H groups in total. The molecule has 1 saturated carbocycles. The van der Waals surface area contributed by atoms with Crippen LogP contribution in [0.4, 0.5) is 5.69 Å². The Hall–Kier alpha value is -2.24. The van der Waals surface area contributed by atoms with Gasteiger partial charge < -0.3 is 0 Å². The third kappa shape index (κ3) is 1.97. The van der Waals surface area contributed by atoms with Gasteiger partial charge in [-0.2, -0.15) is 5.10 Å². The van der Waals surface area contributed by atoms with Crippen molar-refractivity contribution in [1.82, 2.24) is 14.8 Å². The topological polar surface area (TPSA) is 73.8 Å². The van der Waals surface area contributed by atoms with Crippen molar-refractivity contribution in [1.29, 1.82) is 0 Å². The largest absolute Gasteiger partial charge is 0.313 e. The van der Waals surface area contributed by atoms with E-state index in [2.05, 4.69) is 10.1 Å². The third-order valence-corrected chi connectivity index (χ3v) is 3.64. The van der Waals surface area contributed by atoms with Crippen LogP contribution >= 0.6 is 0 Å². The SMILES string of the molecule is Cc1ccc(-n2nc(C)c([N+](=O)[O-])c2C2CC2)c(C)n1. The molecular formula is C14H16N4O2. The van der Waals surface area contributed by atoms with Crippen LogP contribution in [0.5, 0.6) is 0 Å². The number of rotatable bonds is 3. The first kappa shape index (κ1) is 12.8. The lowest BCUT2D eigenvalue weighted by atomic mass is 10.2. The van der Waals surface area contributed by atoms with Gasteiger partial charge in [-0.15, -0.1) is 0 Å². The van der Waals surface area contributed by atoms with Gasteiger partial charge in [-0.1, -0.05) is 0 Å². The molecule has 2 heterocycles. The molecule has 2 aromatic heterocycles. The Morgan fingerprint density at radius 2 is 1.95 bits per heavy atom. The van der Waals surface area contributed by atoms with Gasteiger partial charge in [0.2, 0.25) is 0 Å². The molecule has 104 valence electrons. The molecule has 1 aliphatic rings. The maximum absolute atomic E-state index is 11.3. The fourth-order valence-electron chi connectivity index (χ4n) is 2.57. The molecule has 20 heavy (non-hydrogen) atoms. The summed E-state index contributed by atoms with van der Waals surface area (Å²) in [5.41, 5.74) is 3.95. The molecule has 0 unspecified atom stereocenters. The first-order valence-electron chi connectivity index (χ1n) is 6.67. The van der Waals surface area contributed by atoms with Crippen LogP contribution < -0.4 is 0 Å². The van der Waals surface area contributed by atoms with E-state index in [1.165, 1.54) is 0 Å². The summed E-state index contributed by atoms with van der Waals surface area (Å²) in [5, 5.41) is 15.7. The Morgan fingerprint density at radius 3 is 2.50 bits per heavy atom. The number of hydrogen-bond donors (Lipinski definition) is 0. The quantitative estimate of drug-likeness (QED) is 0.636. The predicted molar refractivity (Wildman–Crippen MR) is 74.2 cm³/mol. The average molecular weight is 272 g/mol. The van der Waals surface area contributed by atoms with Crippen LogP contribution in [0.3, 0.4) is 0 Å². The summed E-state index contributed by atoms with van der Waals surface area (Å²) < 4.78 is 1.72. The monoisotopic (exact) mass is 272 g/mol. The minimum absolute atomic E-state index is 0.160. The zero-order chi connectivity index (χ0) is 14.4. The lowest BCUT2D eigenvalue weighted by Crippen LogP contribution is -2.06. The molecular weight excluding hydrogens is 256 g/mol. The number of pyridine rings is 1. The van der Waals surface area contributed by atoms with Crippen molar-refractivity contribution in [3.8, 4) is 5.69 Å². The second-order valence-electron chi connectivity index (χ2n) is 5.32. The first-order valence-corrected chi connectivity index (χ1v) is 6.67. The van der Waals surface area contributed by atoms with E-state index in [9.17, 15) is 10.1 Å². The Morgan fingerprint density at radius 1 is 1.25 bits per heavy atom. The molecule has 0 atom stereocenters. The lowest BCUT2D eigenvalue weighted by molar-refractivity contribution is -0.386. The number of aryl methyl sites for hydroxylation is 3. The third-order valence-electron chi connectivity index (χ3n) is 3.64. The number of aromatic nitrogens is 3. The molecule has 0 amide bonds. The van der Waals surface area contributed by atoms with Gasteiger partial charge in [0, 0.05) is 11.6 Å². The summed E-state index contributed by atoms with van der Waals surface area (Å²) in [4.78, 5) is 15.4. The van der Waals surface area contributed by atoms with Crippen molar-refractivity contribution in [2.45, 2.75) is 39.5 Å². The molecule has 0 saturated heterocycles. The highest BCUT2D eigenvalue weighted by Crippen LogP contribution is 2.46. The summed E-state index contributed by atoms with van der Waals surface area (Å²) in [6.07, 6.45) is 1.98. The minimum Gasteiger partial charge on any atom is -0.258 e. The van der Waals surface area contributed by atoms with Gasteiger partial charge >= 0.3 is 5.69 Å². The van der Waals surface area contributed by atoms with Crippen LogP contribution in [0.25, 0.3) is 5.69 Å². The van der Waals surface area contributed by atoms with Crippen LogP contribution in [0.15, 0.2) is 12.1 Å². The van der Waals surface area contributed by atoms with E-state index >= 15 is 0 Å². The second-order valence-corrected chi connectivity index (χ2v) is 5.32.